The van der Waals surface area contributed by atoms with Crippen LogP contribution in [0.15, 0.2) is 63.1 Å². The van der Waals surface area contributed by atoms with Crippen molar-refractivity contribution in [3.8, 4) is 0 Å². The molecule has 3 nitrogen and oxygen atoms in total. The summed E-state index contributed by atoms with van der Waals surface area (Å²) in [5.41, 5.74) is 3.00. The van der Waals surface area contributed by atoms with Crippen LogP contribution >= 0.6 is 11.8 Å². The zero-order chi connectivity index (χ0) is 14.7. The first-order chi connectivity index (χ1) is 10.3. The van der Waals surface area contributed by atoms with Crippen LogP contribution in [0, 0.1) is 0 Å². The Morgan fingerprint density at radius 2 is 1.90 bits per heavy atom. The fourth-order valence-corrected chi connectivity index (χ4v) is 3.31. The Hall–Kier alpha value is -1.78. The van der Waals surface area contributed by atoms with Crippen LogP contribution in [-0.4, -0.2) is 11.5 Å². The van der Waals surface area contributed by atoms with Gasteiger partial charge in [0.15, 0.2) is 5.58 Å². The summed E-state index contributed by atoms with van der Waals surface area (Å²) in [6.45, 7) is 5.24. The third-order valence-electron chi connectivity index (χ3n) is 3.37. The van der Waals surface area contributed by atoms with E-state index >= 15 is 0 Å². The molecule has 1 aromatic heterocycles. The molecule has 0 aliphatic rings. The molecule has 3 aromatic rings. The van der Waals surface area contributed by atoms with Gasteiger partial charge in [0.1, 0.15) is 5.52 Å². The van der Waals surface area contributed by atoms with Crippen molar-refractivity contribution in [3.63, 3.8) is 0 Å². The minimum Gasteiger partial charge on any atom is -0.431 e. The first kappa shape index (κ1) is 14.2. The Morgan fingerprint density at radius 1 is 1.14 bits per heavy atom. The number of benzene rings is 2. The molecule has 0 saturated heterocycles. The van der Waals surface area contributed by atoms with Crippen LogP contribution in [0.2, 0.25) is 0 Å². The van der Waals surface area contributed by atoms with Gasteiger partial charge in [-0.25, -0.2) is 4.98 Å². The molecule has 1 N–H and O–H groups in total. The molecule has 0 fully saturated rings. The van der Waals surface area contributed by atoms with Crippen molar-refractivity contribution < 1.29 is 4.42 Å². The van der Waals surface area contributed by atoms with Gasteiger partial charge in [0, 0.05) is 10.9 Å². The average molecular weight is 298 g/mol. The van der Waals surface area contributed by atoms with Gasteiger partial charge in [-0.15, -0.1) is 0 Å². The summed E-state index contributed by atoms with van der Waals surface area (Å²) in [6, 6.07) is 16.5. The molecule has 0 bridgehead atoms. The van der Waals surface area contributed by atoms with Gasteiger partial charge in [0.25, 0.3) is 5.22 Å². The molecule has 0 aliphatic carbocycles. The molecule has 0 saturated carbocycles. The van der Waals surface area contributed by atoms with Crippen LogP contribution in [0.3, 0.4) is 0 Å². The van der Waals surface area contributed by atoms with Crippen molar-refractivity contribution in [1.29, 1.82) is 0 Å². The predicted octanol–water partition coefficient (Wildman–Crippen LogP) is 4.65. The quantitative estimate of drug-likeness (QED) is 0.744. The molecule has 0 aliphatic heterocycles. The normalized spacial score (nSPS) is 12.7. The molecule has 108 valence electrons. The molecular weight excluding hydrogens is 280 g/mol. The highest BCUT2D eigenvalue weighted by Crippen LogP contribution is 2.34. The minimum atomic E-state index is 0.308. The lowest BCUT2D eigenvalue weighted by molar-refractivity contribution is 0.489. The van der Waals surface area contributed by atoms with E-state index in [1.165, 1.54) is 10.5 Å². The summed E-state index contributed by atoms with van der Waals surface area (Å²) in [6.07, 6.45) is 0. The summed E-state index contributed by atoms with van der Waals surface area (Å²) >= 11 is 1.58. The van der Waals surface area contributed by atoms with Gasteiger partial charge in [0.05, 0.1) is 0 Å². The number of nitrogens with zero attached hydrogens (tertiary/aromatic N) is 1. The number of hydrogen-bond donors (Lipinski definition) is 1. The second-order valence-corrected chi connectivity index (χ2v) is 5.86. The van der Waals surface area contributed by atoms with Crippen molar-refractivity contribution >= 4 is 22.9 Å². The standard InChI is InChI=1S/C17H18N2OS/c1-3-18-12(2)13-8-4-7-11-16(13)21-17-19-14-9-5-6-10-15(14)20-17/h4-12,18H,3H2,1-2H3. The van der Waals surface area contributed by atoms with Gasteiger partial charge in [-0.3, -0.25) is 0 Å². The topological polar surface area (TPSA) is 38.1 Å². The SMILES string of the molecule is CCNC(C)c1ccccc1Sc1nc2ccccc2o1. The Bertz CT molecular complexity index is 705. The van der Waals surface area contributed by atoms with Gasteiger partial charge >= 0.3 is 0 Å². The van der Waals surface area contributed by atoms with E-state index in [9.17, 15) is 0 Å². The lowest BCUT2D eigenvalue weighted by atomic mass is 10.1. The first-order valence-electron chi connectivity index (χ1n) is 7.13. The van der Waals surface area contributed by atoms with Crippen LogP contribution in [-0.2, 0) is 0 Å². The predicted molar refractivity (Wildman–Crippen MR) is 86.7 cm³/mol. The molecular formula is C17H18N2OS. The molecule has 2 aromatic carbocycles. The van der Waals surface area contributed by atoms with E-state index in [0.29, 0.717) is 11.3 Å². The molecule has 0 spiro atoms. The zero-order valence-corrected chi connectivity index (χ0v) is 13.0. The molecule has 4 heteroatoms. The van der Waals surface area contributed by atoms with Crippen LogP contribution in [0.5, 0.6) is 0 Å². The largest absolute Gasteiger partial charge is 0.431 e. The fourth-order valence-electron chi connectivity index (χ4n) is 2.34. The third kappa shape index (κ3) is 3.12. The minimum absolute atomic E-state index is 0.308. The molecule has 3 rings (SSSR count). The van der Waals surface area contributed by atoms with Crippen LogP contribution in [0.1, 0.15) is 25.5 Å². The highest BCUT2D eigenvalue weighted by Gasteiger charge is 2.13. The van der Waals surface area contributed by atoms with Crippen molar-refractivity contribution in [3.05, 3.63) is 54.1 Å². The number of nitrogens with one attached hydrogen (secondary N) is 1. The van der Waals surface area contributed by atoms with Gasteiger partial charge in [0.2, 0.25) is 0 Å². The molecule has 1 heterocycles. The molecule has 1 unspecified atom stereocenters. The summed E-state index contributed by atoms with van der Waals surface area (Å²) in [5.74, 6) is 0. The van der Waals surface area contributed by atoms with E-state index in [2.05, 4.69) is 42.3 Å². The zero-order valence-electron chi connectivity index (χ0n) is 12.2. The second-order valence-electron chi connectivity index (χ2n) is 4.87. The number of para-hydroxylation sites is 2. The van der Waals surface area contributed by atoms with Gasteiger partial charge in [-0.05, 0) is 49.0 Å². The highest BCUT2D eigenvalue weighted by molar-refractivity contribution is 7.99. The van der Waals surface area contributed by atoms with Crippen molar-refractivity contribution in [2.45, 2.75) is 30.0 Å². The average Bonchev–Trinajstić information content (AvgIpc) is 2.90. The van der Waals surface area contributed by atoms with Gasteiger partial charge in [-0.2, -0.15) is 0 Å². The summed E-state index contributed by atoms with van der Waals surface area (Å²) in [4.78, 5) is 5.71. The van der Waals surface area contributed by atoms with E-state index in [1.807, 2.05) is 30.3 Å². The van der Waals surface area contributed by atoms with Crippen molar-refractivity contribution in [2.75, 3.05) is 6.54 Å². The fraction of sp³-hybridized carbons (Fsp3) is 0.235. The number of aromatic nitrogens is 1. The molecule has 1 atom stereocenters. The van der Waals surface area contributed by atoms with Crippen LogP contribution in [0.25, 0.3) is 11.1 Å². The van der Waals surface area contributed by atoms with Crippen LogP contribution in [0.4, 0.5) is 0 Å². The van der Waals surface area contributed by atoms with E-state index in [0.717, 1.165) is 17.6 Å². The Morgan fingerprint density at radius 3 is 2.71 bits per heavy atom. The summed E-state index contributed by atoms with van der Waals surface area (Å²) in [7, 11) is 0. The Kier molecular flexibility index (Phi) is 4.27. The molecule has 0 radical (unpaired) electrons. The van der Waals surface area contributed by atoms with E-state index in [1.54, 1.807) is 11.8 Å². The maximum atomic E-state index is 5.80. The van der Waals surface area contributed by atoms with E-state index < -0.39 is 0 Å². The molecule has 0 amide bonds. The third-order valence-corrected chi connectivity index (χ3v) is 4.31. The van der Waals surface area contributed by atoms with Gasteiger partial charge in [-0.1, -0.05) is 37.3 Å². The summed E-state index contributed by atoms with van der Waals surface area (Å²) in [5, 5.41) is 4.14. The lowest BCUT2D eigenvalue weighted by Crippen LogP contribution is -2.18. The number of oxazole rings is 1. The first-order valence-corrected chi connectivity index (χ1v) is 7.95. The van der Waals surface area contributed by atoms with E-state index in [-0.39, 0.29) is 0 Å². The highest BCUT2D eigenvalue weighted by atomic mass is 32.2. The van der Waals surface area contributed by atoms with Crippen molar-refractivity contribution in [2.24, 2.45) is 0 Å². The Labute approximate surface area is 128 Å². The Balaban J connectivity index is 1.90. The number of rotatable bonds is 5. The number of fused-ring (bicyclic) bond motifs is 1. The second kappa shape index (κ2) is 6.33. The van der Waals surface area contributed by atoms with Gasteiger partial charge < -0.3 is 9.73 Å². The number of hydrogen-bond acceptors (Lipinski definition) is 4. The smallest absolute Gasteiger partial charge is 0.261 e. The van der Waals surface area contributed by atoms with E-state index in [4.69, 9.17) is 4.42 Å². The maximum Gasteiger partial charge on any atom is 0.261 e. The molecule has 21 heavy (non-hydrogen) atoms. The lowest BCUT2D eigenvalue weighted by Gasteiger charge is -2.15. The van der Waals surface area contributed by atoms with Crippen molar-refractivity contribution in [1.82, 2.24) is 10.3 Å². The van der Waals surface area contributed by atoms with Crippen LogP contribution < -0.4 is 5.32 Å². The maximum absolute atomic E-state index is 5.80. The summed E-state index contributed by atoms with van der Waals surface area (Å²) < 4.78 is 5.80. The monoisotopic (exact) mass is 298 g/mol.